The van der Waals surface area contributed by atoms with Crippen molar-refractivity contribution in [2.45, 2.75) is 43.2 Å². The van der Waals surface area contributed by atoms with Crippen molar-refractivity contribution in [3.8, 4) is 0 Å². The minimum atomic E-state index is -0.105. The van der Waals surface area contributed by atoms with Crippen molar-refractivity contribution in [3.05, 3.63) is 30.3 Å². The molecule has 1 unspecified atom stereocenters. The summed E-state index contributed by atoms with van der Waals surface area (Å²) in [5, 5.41) is 3.06. The van der Waals surface area contributed by atoms with Gasteiger partial charge in [0.2, 0.25) is 11.8 Å². The highest BCUT2D eigenvalue weighted by molar-refractivity contribution is 7.99. The van der Waals surface area contributed by atoms with Crippen LogP contribution in [0.3, 0.4) is 0 Å². The number of nitrogens with one attached hydrogen (secondary N) is 1. The lowest BCUT2D eigenvalue weighted by molar-refractivity contribution is -0.133. The van der Waals surface area contributed by atoms with Gasteiger partial charge in [-0.3, -0.25) is 14.5 Å². The predicted molar refractivity (Wildman–Crippen MR) is 101 cm³/mol. The molecule has 136 valence electrons. The number of hydrogen-bond donors (Lipinski definition) is 1. The second-order valence-electron chi connectivity index (χ2n) is 6.79. The molecule has 1 aliphatic carbocycles. The summed E-state index contributed by atoms with van der Waals surface area (Å²) in [4.78, 5) is 29.8. The van der Waals surface area contributed by atoms with Crippen LogP contribution in [-0.4, -0.2) is 65.6 Å². The van der Waals surface area contributed by atoms with Gasteiger partial charge in [-0.1, -0.05) is 18.2 Å². The topological polar surface area (TPSA) is 52.7 Å². The third kappa shape index (κ3) is 5.47. The number of nitrogens with zero attached hydrogens (tertiary/aromatic N) is 2. The number of amides is 2. The maximum absolute atomic E-state index is 12.4. The minimum absolute atomic E-state index is 0.105. The monoisotopic (exact) mass is 361 g/mol. The van der Waals surface area contributed by atoms with E-state index in [2.05, 4.69) is 22.3 Å². The first-order valence-electron chi connectivity index (χ1n) is 9.13. The molecule has 1 saturated carbocycles. The van der Waals surface area contributed by atoms with Gasteiger partial charge < -0.3 is 10.2 Å². The van der Waals surface area contributed by atoms with Crippen molar-refractivity contribution in [3.63, 3.8) is 0 Å². The van der Waals surface area contributed by atoms with Crippen LogP contribution in [0.1, 0.15) is 26.2 Å². The van der Waals surface area contributed by atoms with E-state index in [1.165, 1.54) is 4.90 Å². The average Bonchev–Trinajstić information content (AvgIpc) is 3.46. The number of thioether (sulfide) groups is 1. The zero-order valence-corrected chi connectivity index (χ0v) is 15.6. The lowest BCUT2D eigenvalue weighted by atomic mass is 10.2. The quantitative estimate of drug-likeness (QED) is 0.755. The molecule has 2 fully saturated rings. The highest BCUT2D eigenvalue weighted by atomic mass is 32.2. The summed E-state index contributed by atoms with van der Waals surface area (Å²) in [6, 6.07) is 10.5. The third-order valence-electron chi connectivity index (χ3n) is 4.85. The Morgan fingerprint density at radius 2 is 1.84 bits per heavy atom. The smallest absolute Gasteiger partial charge is 0.237 e. The van der Waals surface area contributed by atoms with Crippen LogP contribution >= 0.6 is 11.8 Å². The van der Waals surface area contributed by atoms with E-state index in [4.69, 9.17) is 0 Å². The van der Waals surface area contributed by atoms with Crippen molar-refractivity contribution in [2.24, 2.45) is 0 Å². The number of piperazine rings is 1. The van der Waals surface area contributed by atoms with Gasteiger partial charge >= 0.3 is 0 Å². The molecule has 0 spiro atoms. The molecule has 0 aromatic heterocycles. The van der Waals surface area contributed by atoms with Crippen LogP contribution in [0.25, 0.3) is 0 Å². The van der Waals surface area contributed by atoms with E-state index in [1.807, 2.05) is 30.0 Å². The summed E-state index contributed by atoms with van der Waals surface area (Å²) in [6.45, 7) is 4.95. The molecule has 0 bridgehead atoms. The van der Waals surface area contributed by atoms with E-state index in [1.54, 1.807) is 11.8 Å². The first kappa shape index (κ1) is 18.3. The predicted octanol–water partition coefficient (Wildman–Crippen LogP) is 1.98. The summed E-state index contributed by atoms with van der Waals surface area (Å²) < 4.78 is 0. The fourth-order valence-corrected chi connectivity index (χ4v) is 3.87. The average molecular weight is 362 g/mol. The molecule has 6 heteroatoms. The zero-order valence-electron chi connectivity index (χ0n) is 14.8. The van der Waals surface area contributed by atoms with E-state index in [0.29, 0.717) is 12.5 Å². The molecule has 2 aliphatic rings. The van der Waals surface area contributed by atoms with E-state index >= 15 is 0 Å². The first-order chi connectivity index (χ1) is 12.1. The summed E-state index contributed by atoms with van der Waals surface area (Å²) in [5.41, 5.74) is 0. The lowest BCUT2D eigenvalue weighted by Crippen LogP contribution is -2.55. The van der Waals surface area contributed by atoms with Gasteiger partial charge in [0.15, 0.2) is 0 Å². The van der Waals surface area contributed by atoms with Gasteiger partial charge in [-0.15, -0.1) is 11.8 Å². The summed E-state index contributed by atoms with van der Waals surface area (Å²) in [5.74, 6) is 1.16. The minimum Gasteiger partial charge on any atom is -0.352 e. The summed E-state index contributed by atoms with van der Waals surface area (Å²) >= 11 is 1.72. The molecule has 25 heavy (non-hydrogen) atoms. The van der Waals surface area contributed by atoms with Gasteiger partial charge in [0.1, 0.15) is 0 Å². The number of benzene rings is 1. The maximum Gasteiger partial charge on any atom is 0.237 e. The van der Waals surface area contributed by atoms with Crippen LogP contribution in [0.5, 0.6) is 0 Å². The molecular weight excluding hydrogens is 334 g/mol. The number of carbonyl (C=O) groups is 2. The largest absolute Gasteiger partial charge is 0.352 e. The third-order valence-corrected chi connectivity index (χ3v) is 5.86. The zero-order chi connectivity index (χ0) is 17.6. The van der Waals surface area contributed by atoms with Gasteiger partial charge in [0.05, 0.1) is 6.04 Å². The second kappa shape index (κ2) is 8.72. The molecule has 2 amide bonds. The normalized spacial score (nSPS) is 19.5. The van der Waals surface area contributed by atoms with E-state index in [9.17, 15) is 9.59 Å². The molecule has 1 atom stereocenters. The van der Waals surface area contributed by atoms with Crippen LogP contribution in [0.15, 0.2) is 35.2 Å². The van der Waals surface area contributed by atoms with Crippen LogP contribution in [0, 0.1) is 0 Å². The number of hydrogen-bond acceptors (Lipinski definition) is 4. The van der Waals surface area contributed by atoms with Crippen molar-refractivity contribution in [1.29, 1.82) is 0 Å². The van der Waals surface area contributed by atoms with Gasteiger partial charge in [-0.25, -0.2) is 0 Å². The number of carbonyl (C=O) groups excluding carboxylic acids is 2. The molecule has 1 N–H and O–H groups in total. The molecular formula is C19H27N3O2S. The lowest BCUT2D eigenvalue weighted by Gasteiger charge is -2.37. The Morgan fingerprint density at radius 3 is 2.48 bits per heavy atom. The molecule has 1 heterocycles. The molecule has 5 nitrogen and oxygen atoms in total. The summed E-state index contributed by atoms with van der Waals surface area (Å²) in [6.07, 6.45) is 2.79. The second-order valence-corrected chi connectivity index (χ2v) is 7.96. The standard InChI is InChI=1S/C19H27N3O2S/c1-15(19(24)20-16-7-8-16)21-10-12-22(13-11-21)18(23)9-14-25-17-5-3-2-4-6-17/h2-6,15-16H,7-14H2,1H3,(H,20,24). The Morgan fingerprint density at radius 1 is 1.16 bits per heavy atom. The Hall–Kier alpha value is -1.53. The summed E-state index contributed by atoms with van der Waals surface area (Å²) in [7, 11) is 0. The van der Waals surface area contributed by atoms with Gasteiger partial charge in [0, 0.05) is 49.3 Å². The van der Waals surface area contributed by atoms with E-state index < -0.39 is 0 Å². The highest BCUT2D eigenvalue weighted by Crippen LogP contribution is 2.20. The Bertz CT molecular complexity index is 584. The highest BCUT2D eigenvalue weighted by Gasteiger charge is 2.30. The van der Waals surface area contributed by atoms with Crippen molar-refractivity contribution >= 4 is 23.6 Å². The molecule has 1 aromatic rings. The van der Waals surface area contributed by atoms with Crippen molar-refractivity contribution in [2.75, 3.05) is 31.9 Å². The van der Waals surface area contributed by atoms with Crippen LogP contribution in [-0.2, 0) is 9.59 Å². The molecule has 1 saturated heterocycles. The molecule has 3 rings (SSSR count). The maximum atomic E-state index is 12.4. The fourth-order valence-electron chi connectivity index (χ4n) is 3.00. The first-order valence-corrected chi connectivity index (χ1v) is 10.1. The van der Waals surface area contributed by atoms with E-state index in [-0.39, 0.29) is 17.9 Å². The van der Waals surface area contributed by atoms with Gasteiger partial charge in [-0.2, -0.15) is 0 Å². The Balaban J connectivity index is 1.36. The van der Waals surface area contributed by atoms with Crippen LogP contribution < -0.4 is 5.32 Å². The SMILES string of the molecule is CC(C(=O)NC1CC1)N1CCN(C(=O)CCSc2ccccc2)CC1. The van der Waals surface area contributed by atoms with Gasteiger partial charge in [0.25, 0.3) is 0 Å². The molecule has 0 radical (unpaired) electrons. The molecule has 1 aliphatic heterocycles. The number of rotatable bonds is 7. The van der Waals surface area contributed by atoms with Gasteiger partial charge in [-0.05, 0) is 31.9 Å². The van der Waals surface area contributed by atoms with Crippen LogP contribution in [0.2, 0.25) is 0 Å². The van der Waals surface area contributed by atoms with Crippen LogP contribution in [0.4, 0.5) is 0 Å². The van der Waals surface area contributed by atoms with Crippen molar-refractivity contribution < 1.29 is 9.59 Å². The van der Waals surface area contributed by atoms with E-state index in [0.717, 1.165) is 44.8 Å². The van der Waals surface area contributed by atoms with Crippen molar-refractivity contribution in [1.82, 2.24) is 15.1 Å². The Kier molecular flexibility index (Phi) is 6.37. The fraction of sp³-hybridized carbons (Fsp3) is 0.579. The molecule has 1 aromatic carbocycles. The Labute approximate surface area is 154 Å².